The molecule has 0 bridgehead atoms. The zero-order valence-electron chi connectivity index (χ0n) is 19.7. The SMILES string of the molecule is C=C1CN=C(C(C)C)c2cc(-c3ccnc(Nc4ccc(N5CCNCC5)cn4)n3)ccc2N1. The molecule has 0 radical (unpaired) electrons. The highest BCUT2D eigenvalue weighted by Crippen LogP contribution is 2.29. The van der Waals surface area contributed by atoms with Gasteiger partial charge in [-0.15, -0.1) is 0 Å². The van der Waals surface area contributed by atoms with Crippen LogP contribution in [0.3, 0.4) is 0 Å². The summed E-state index contributed by atoms with van der Waals surface area (Å²) in [7, 11) is 0. The predicted octanol–water partition coefficient (Wildman–Crippen LogP) is 4.08. The van der Waals surface area contributed by atoms with Gasteiger partial charge in [0.2, 0.25) is 5.95 Å². The van der Waals surface area contributed by atoms with E-state index in [9.17, 15) is 0 Å². The monoisotopic (exact) mass is 454 g/mol. The molecule has 3 aromatic rings. The molecule has 2 aliphatic rings. The minimum Gasteiger partial charge on any atom is -0.368 e. The van der Waals surface area contributed by atoms with E-state index in [-0.39, 0.29) is 0 Å². The van der Waals surface area contributed by atoms with Gasteiger partial charge >= 0.3 is 0 Å². The Labute approximate surface area is 200 Å². The first-order valence-corrected chi connectivity index (χ1v) is 11.7. The molecule has 1 saturated heterocycles. The van der Waals surface area contributed by atoms with Crippen LogP contribution in [0.15, 0.2) is 66.1 Å². The lowest BCUT2D eigenvalue weighted by Crippen LogP contribution is -2.43. The lowest BCUT2D eigenvalue weighted by atomic mass is 9.95. The molecule has 2 aliphatic heterocycles. The molecule has 1 aromatic carbocycles. The fraction of sp³-hybridized carbons (Fsp3) is 0.308. The molecule has 0 atom stereocenters. The van der Waals surface area contributed by atoms with Crippen LogP contribution >= 0.6 is 0 Å². The summed E-state index contributed by atoms with van der Waals surface area (Å²) in [5.41, 5.74) is 7.06. The van der Waals surface area contributed by atoms with Crippen LogP contribution in [-0.2, 0) is 0 Å². The molecule has 0 amide bonds. The third-order valence-corrected chi connectivity index (χ3v) is 6.02. The number of hydrogen-bond acceptors (Lipinski definition) is 8. The van der Waals surface area contributed by atoms with Crippen LogP contribution in [0.25, 0.3) is 11.3 Å². The van der Waals surface area contributed by atoms with E-state index in [1.165, 1.54) is 0 Å². The van der Waals surface area contributed by atoms with Gasteiger partial charge in [0.25, 0.3) is 0 Å². The minimum atomic E-state index is 0.305. The largest absolute Gasteiger partial charge is 0.368 e. The van der Waals surface area contributed by atoms with Crippen LogP contribution in [0, 0.1) is 5.92 Å². The summed E-state index contributed by atoms with van der Waals surface area (Å²) >= 11 is 0. The van der Waals surface area contributed by atoms with E-state index in [1.54, 1.807) is 6.20 Å². The highest BCUT2D eigenvalue weighted by atomic mass is 15.2. The smallest absolute Gasteiger partial charge is 0.228 e. The molecule has 0 spiro atoms. The molecule has 3 N–H and O–H groups in total. The standard InChI is InChI=1S/C26H30N8/c1-17(2)25-21-14-19(4-6-23(21)31-18(3)15-30-25)22-8-9-28-26(32-22)33-24-7-5-20(16-29-24)34-12-10-27-11-13-34/h4-9,14,16-17,27,31H,3,10-13,15H2,1-2H3,(H,28,29,32,33). The number of aromatic nitrogens is 3. The molecule has 0 saturated carbocycles. The first kappa shape index (κ1) is 22.0. The second kappa shape index (κ2) is 9.61. The lowest BCUT2D eigenvalue weighted by molar-refractivity contribution is 0.589. The van der Waals surface area contributed by atoms with Crippen molar-refractivity contribution < 1.29 is 0 Å². The molecule has 4 heterocycles. The molecule has 8 heteroatoms. The zero-order valence-corrected chi connectivity index (χ0v) is 19.7. The van der Waals surface area contributed by atoms with Gasteiger partial charge in [0, 0.05) is 60.6 Å². The van der Waals surface area contributed by atoms with Gasteiger partial charge in [-0.2, -0.15) is 0 Å². The fourth-order valence-corrected chi connectivity index (χ4v) is 4.28. The third kappa shape index (κ3) is 4.77. The second-order valence-corrected chi connectivity index (χ2v) is 8.87. The Balaban J connectivity index is 1.38. The number of pyridine rings is 1. The Hall–Kier alpha value is -3.78. The predicted molar refractivity (Wildman–Crippen MR) is 139 cm³/mol. The van der Waals surface area contributed by atoms with Crippen molar-refractivity contribution >= 4 is 28.9 Å². The number of benzene rings is 1. The maximum Gasteiger partial charge on any atom is 0.228 e. The summed E-state index contributed by atoms with van der Waals surface area (Å²) in [5.74, 6) is 1.54. The van der Waals surface area contributed by atoms with Gasteiger partial charge in [-0.3, -0.25) is 4.99 Å². The number of benzodiazepines with no additional fused rings is 1. The van der Waals surface area contributed by atoms with E-state index in [2.05, 4.69) is 75.5 Å². The highest BCUT2D eigenvalue weighted by Gasteiger charge is 2.18. The first-order valence-electron chi connectivity index (χ1n) is 11.7. The van der Waals surface area contributed by atoms with E-state index in [0.29, 0.717) is 18.4 Å². The zero-order chi connectivity index (χ0) is 23.5. The van der Waals surface area contributed by atoms with E-state index in [1.807, 2.05) is 18.3 Å². The molecule has 1 fully saturated rings. The third-order valence-electron chi connectivity index (χ3n) is 6.02. The molecular formula is C26H30N8. The summed E-state index contributed by atoms with van der Waals surface area (Å²) in [6, 6.07) is 12.3. The van der Waals surface area contributed by atoms with Gasteiger partial charge < -0.3 is 20.9 Å². The Morgan fingerprint density at radius 3 is 2.68 bits per heavy atom. The van der Waals surface area contributed by atoms with Crippen molar-refractivity contribution in [3.05, 3.63) is 66.6 Å². The minimum absolute atomic E-state index is 0.305. The van der Waals surface area contributed by atoms with Gasteiger partial charge in [0.15, 0.2) is 0 Å². The van der Waals surface area contributed by atoms with Crippen LogP contribution in [-0.4, -0.2) is 53.4 Å². The van der Waals surface area contributed by atoms with E-state index >= 15 is 0 Å². The molecule has 5 rings (SSSR count). The van der Waals surface area contributed by atoms with Crippen molar-refractivity contribution in [2.24, 2.45) is 10.9 Å². The van der Waals surface area contributed by atoms with Crippen molar-refractivity contribution in [2.45, 2.75) is 13.8 Å². The first-order chi connectivity index (χ1) is 16.6. The topological polar surface area (TPSA) is 90.4 Å². The quantitative estimate of drug-likeness (QED) is 0.535. The summed E-state index contributed by atoms with van der Waals surface area (Å²) in [6.07, 6.45) is 3.67. The van der Waals surface area contributed by atoms with Gasteiger partial charge in [0.1, 0.15) is 5.82 Å². The van der Waals surface area contributed by atoms with Crippen LogP contribution in [0.5, 0.6) is 0 Å². The number of fused-ring (bicyclic) bond motifs is 1. The van der Waals surface area contributed by atoms with E-state index in [0.717, 1.165) is 71.6 Å². The van der Waals surface area contributed by atoms with Crippen molar-refractivity contribution in [1.29, 1.82) is 0 Å². The number of hydrogen-bond donors (Lipinski definition) is 3. The number of anilines is 4. The summed E-state index contributed by atoms with van der Waals surface area (Å²) in [6.45, 7) is 13.0. The summed E-state index contributed by atoms with van der Waals surface area (Å²) in [4.78, 5) is 20.8. The van der Waals surface area contributed by atoms with Crippen LogP contribution in [0.2, 0.25) is 0 Å². The van der Waals surface area contributed by atoms with E-state index in [4.69, 9.17) is 9.98 Å². The number of rotatable bonds is 5. The maximum atomic E-state index is 4.79. The summed E-state index contributed by atoms with van der Waals surface area (Å²) < 4.78 is 0. The maximum absolute atomic E-state index is 4.79. The van der Waals surface area contributed by atoms with Gasteiger partial charge in [0.05, 0.1) is 24.1 Å². The molecular weight excluding hydrogens is 424 g/mol. The van der Waals surface area contributed by atoms with E-state index < -0.39 is 0 Å². The highest BCUT2D eigenvalue weighted by molar-refractivity contribution is 6.07. The van der Waals surface area contributed by atoms with Gasteiger partial charge in [-0.1, -0.05) is 26.5 Å². The van der Waals surface area contributed by atoms with Gasteiger partial charge in [-0.05, 0) is 36.2 Å². The normalized spacial score (nSPS) is 15.9. The number of nitrogens with zero attached hydrogens (tertiary/aromatic N) is 5. The number of nitrogens with one attached hydrogen (secondary N) is 3. The van der Waals surface area contributed by atoms with Crippen molar-refractivity contribution in [3.63, 3.8) is 0 Å². The van der Waals surface area contributed by atoms with Gasteiger partial charge in [-0.25, -0.2) is 15.0 Å². The Kier molecular flexibility index (Phi) is 6.22. The molecule has 8 nitrogen and oxygen atoms in total. The molecule has 2 aromatic heterocycles. The fourth-order valence-electron chi connectivity index (χ4n) is 4.28. The Morgan fingerprint density at radius 1 is 1.06 bits per heavy atom. The summed E-state index contributed by atoms with van der Waals surface area (Å²) in [5, 5.41) is 10.00. The number of aliphatic imine (C=N–C) groups is 1. The van der Waals surface area contributed by atoms with Crippen molar-refractivity contribution in [2.75, 3.05) is 48.3 Å². The van der Waals surface area contributed by atoms with Crippen molar-refractivity contribution in [1.82, 2.24) is 20.3 Å². The Morgan fingerprint density at radius 2 is 1.91 bits per heavy atom. The molecule has 0 unspecified atom stereocenters. The second-order valence-electron chi connectivity index (χ2n) is 8.87. The average molecular weight is 455 g/mol. The molecule has 174 valence electrons. The molecule has 0 aliphatic carbocycles. The van der Waals surface area contributed by atoms with Crippen LogP contribution in [0.4, 0.5) is 23.1 Å². The molecule has 34 heavy (non-hydrogen) atoms. The van der Waals surface area contributed by atoms with Crippen LogP contribution in [0.1, 0.15) is 19.4 Å². The Bertz CT molecular complexity index is 1210. The number of piperazine rings is 1. The van der Waals surface area contributed by atoms with Crippen LogP contribution < -0.4 is 20.9 Å². The van der Waals surface area contributed by atoms with Crippen molar-refractivity contribution in [3.8, 4) is 11.3 Å². The lowest BCUT2D eigenvalue weighted by Gasteiger charge is -2.29. The average Bonchev–Trinajstić information content (AvgIpc) is 3.03.